The molecule has 0 aromatic heterocycles. The minimum atomic E-state index is -4.14. The number of carboxylic acids is 1. The zero-order chi connectivity index (χ0) is 17.8. The van der Waals surface area contributed by atoms with Crippen molar-refractivity contribution >= 4 is 25.8 Å². The fourth-order valence-electron chi connectivity index (χ4n) is 1.99. The molecule has 1 rings (SSSR count). The molecule has 0 aliphatic heterocycles. The number of sulfone groups is 1. The lowest BCUT2D eigenvalue weighted by Crippen LogP contribution is -2.40. The van der Waals surface area contributed by atoms with E-state index in [0.717, 1.165) is 18.7 Å². The van der Waals surface area contributed by atoms with Gasteiger partial charge in [0.05, 0.1) is 9.79 Å². The monoisotopic (exact) mass is 363 g/mol. The number of unbranched alkanes of at least 4 members (excludes halogenated alkanes) is 1. The maximum Gasteiger partial charge on any atom is 0.321 e. The second-order valence-electron chi connectivity index (χ2n) is 5.35. The number of nitrogens with one attached hydrogen (secondary N) is 1. The molecule has 2 N–H and O–H groups in total. The molecule has 0 bridgehead atoms. The molecular formula is C14H21NO6S2. The van der Waals surface area contributed by atoms with E-state index in [4.69, 9.17) is 5.11 Å². The van der Waals surface area contributed by atoms with Gasteiger partial charge in [-0.05, 0) is 31.0 Å². The third-order valence-corrected chi connectivity index (χ3v) is 6.04. The van der Waals surface area contributed by atoms with E-state index < -0.39 is 31.9 Å². The molecule has 130 valence electrons. The Morgan fingerprint density at radius 3 is 2.35 bits per heavy atom. The molecule has 0 saturated carbocycles. The Balaban J connectivity index is 3.24. The van der Waals surface area contributed by atoms with Crippen LogP contribution < -0.4 is 4.72 Å². The van der Waals surface area contributed by atoms with Gasteiger partial charge < -0.3 is 5.11 Å². The topological polar surface area (TPSA) is 118 Å². The summed E-state index contributed by atoms with van der Waals surface area (Å²) in [7, 11) is -7.71. The van der Waals surface area contributed by atoms with Crippen molar-refractivity contribution in [3.63, 3.8) is 0 Å². The van der Waals surface area contributed by atoms with E-state index in [1.54, 1.807) is 0 Å². The summed E-state index contributed by atoms with van der Waals surface area (Å²) in [5, 5.41) is 9.14. The standard InChI is InChI=1S/C14H21NO6S2/c1-4-5-6-12(14(16)17)15-23(20,21)13-9-11(22(3,18)19)8-7-10(13)2/h7-9,12,15H,4-6H2,1-3H3,(H,16,17)/t12-/m0/s1. The summed E-state index contributed by atoms with van der Waals surface area (Å²) in [6.07, 6.45) is 2.43. The van der Waals surface area contributed by atoms with Crippen LogP contribution in [0.25, 0.3) is 0 Å². The molecule has 0 heterocycles. The lowest BCUT2D eigenvalue weighted by Gasteiger charge is -2.16. The zero-order valence-corrected chi connectivity index (χ0v) is 14.9. The summed E-state index contributed by atoms with van der Waals surface area (Å²) in [5.74, 6) is -1.26. The van der Waals surface area contributed by atoms with E-state index in [0.29, 0.717) is 12.0 Å². The largest absolute Gasteiger partial charge is 0.480 e. The summed E-state index contributed by atoms with van der Waals surface area (Å²) in [5.41, 5.74) is 0.338. The van der Waals surface area contributed by atoms with Crippen molar-refractivity contribution in [2.24, 2.45) is 0 Å². The van der Waals surface area contributed by atoms with Crippen LogP contribution in [0.1, 0.15) is 31.7 Å². The SMILES string of the molecule is CCCC[C@H](NS(=O)(=O)c1cc(S(C)(=O)=O)ccc1C)C(=O)O. The van der Waals surface area contributed by atoms with Gasteiger partial charge in [0, 0.05) is 6.26 Å². The molecule has 0 aliphatic carbocycles. The summed E-state index contributed by atoms with van der Waals surface area (Å²) in [4.78, 5) is 10.8. The van der Waals surface area contributed by atoms with E-state index in [1.165, 1.54) is 19.1 Å². The highest BCUT2D eigenvalue weighted by Crippen LogP contribution is 2.21. The number of hydrogen-bond donors (Lipinski definition) is 2. The van der Waals surface area contributed by atoms with E-state index in [9.17, 15) is 21.6 Å². The first-order valence-electron chi connectivity index (χ1n) is 7.05. The van der Waals surface area contributed by atoms with E-state index in [1.807, 2.05) is 6.92 Å². The van der Waals surface area contributed by atoms with E-state index in [-0.39, 0.29) is 16.2 Å². The zero-order valence-electron chi connectivity index (χ0n) is 13.2. The summed E-state index contributed by atoms with van der Waals surface area (Å²) >= 11 is 0. The fraction of sp³-hybridized carbons (Fsp3) is 0.500. The van der Waals surface area contributed by atoms with Gasteiger partial charge in [0.15, 0.2) is 9.84 Å². The minimum absolute atomic E-state index is 0.135. The molecular weight excluding hydrogens is 342 g/mol. The molecule has 0 radical (unpaired) electrons. The smallest absolute Gasteiger partial charge is 0.321 e. The van der Waals surface area contributed by atoms with Crippen molar-refractivity contribution in [1.29, 1.82) is 0 Å². The highest BCUT2D eigenvalue weighted by atomic mass is 32.2. The molecule has 0 saturated heterocycles. The second-order valence-corrected chi connectivity index (χ2v) is 9.05. The Bertz CT molecular complexity index is 783. The van der Waals surface area contributed by atoms with Crippen LogP contribution in [-0.2, 0) is 24.7 Å². The predicted octanol–water partition coefficient (Wildman–Crippen LogP) is 1.32. The van der Waals surface area contributed by atoms with Crippen molar-refractivity contribution < 1.29 is 26.7 Å². The van der Waals surface area contributed by atoms with Gasteiger partial charge in [0.25, 0.3) is 0 Å². The Morgan fingerprint density at radius 2 is 1.87 bits per heavy atom. The first kappa shape index (κ1) is 19.6. The number of aliphatic carboxylic acids is 1. The number of carbonyl (C=O) groups is 1. The lowest BCUT2D eigenvalue weighted by atomic mass is 10.1. The van der Waals surface area contributed by atoms with Crippen LogP contribution in [0, 0.1) is 6.92 Å². The van der Waals surface area contributed by atoms with Gasteiger partial charge in [-0.1, -0.05) is 25.8 Å². The molecule has 1 atom stereocenters. The van der Waals surface area contributed by atoms with Crippen molar-refractivity contribution in [3.8, 4) is 0 Å². The Labute approximate surface area is 136 Å². The molecule has 7 nitrogen and oxygen atoms in total. The molecule has 0 amide bonds. The number of hydrogen-bond acceptors (Lipinski definition) is 5. The minimum Gasteiger partial charge on any atom is -0.480 e. The van der Waals surface area contributed by atoms with Crippen molar-refractivity contribution in [2.45, 2.75) is 48.9 Å². The predicted molar refractivity (Wildman–Crippen MR) is 85.6 cm³/mol. The molecule has 0 unspecified atom stereocenters. The summed E-state index contributed by atoms with van der Waals surface area (Å²) < 4.78 is 50.2. The van der Waals surface area contributed by atoms with Crippen molar-refractivity contribution in [3.05, 3.63) is 23.8 Å². The highest BCUT2D eigenvalue weighted by molar-refractivity contribution is 7.91. The number of benzene rings is 1. The Hall–Kier alpha value is -1.45. The number of sulfonamides is 1. The number of carboxylic acid groups (broad SMARTS) is 1. The molecule has 0 spiro atoms. The maximum absolute atomic E-state index is 12.4. The number of rotatable bonds is 8. The average molecular weight is 363 g/mol. The molecule has 0 aliphatic rings. The third kappa shape index (κ3) is 5.29. The highest BCUT2D eigenvalue weighted by Gasteiger charge is 2.27. The first-order valence-corrected chi connectivity index (χ1v) is 10.4. The van der Waals surface area contributed by atoms with Gasteiger partial charge in [-0.3, -0.25) is 4.79 Å². The quantitative estimate of drug-likeness (QED) is 0.719. The van der Waals surface area contributed by atoms with Gasteiger partial charge in [-0.2, -0.15) is 4.72 Å². The Morgan fingerprint density at radius 1 is 1.26 bits per heavy atom. The normalized spacial score (nSPS) is 13.7. The second kappa shape index (κ2) is 7.41. The lowest BCUT2D eigenvalue weighted by molar-refractivity contribution is -0.139. The molecule has 1 aromatic rings. The maximum atomic E-state index is 12.4. The number of aryl methyl sites for hydroxylation is 1. The van der Waals surface area contributed by atoms with Gasteiger partial charge in [-0.25, -0.2) is 16.8 Å². The van der Waals surface area contributed by atoms with E-state index >= 15 is 0 Å². The van der Waals surface area contributed by atoms with Crippen LogP contribution in [0.3, 0.4) is 0 Å². The van der Waals surface area contributed by atoms with Gasteiger partial charge in [-0.15, -0.1) is 0 Å². The van der Waals surface area contributed by atoms with Crippen molar-refractivity contribution in [1.82, 2.24) is 4.72 Å². The summed E-state index contributed by atoms with van der Waals surface area (Å²) in [6, 6.07) is 2.50. The molecule has 23 heavy (non-hydrogen) atoms. The molecule has 9 heteroatoms. The van der Waals surface area contributed by atoms with Gasteiger partial charge >= 0.3 is 5.97 Å². The van der Waals surface area contributed by atoms with Crippen molar-refractivity contribution in [2.75, 3.05) is 6.26 Å². The van der Waals surface area contributed by atoms with Crippen LogP contribution in [0.4, 0.5) is 0 Å². The van der Waals surface area contributed by atoms with Gasteiger partial charge in [0.2, 0.25) is 10.0 Å². The molecule has 0 fully saturated rings. The first-order chi connectivity index (χ1) is 10.5. The van der Waals surface area contributed by atoms with Crippen LogP contribution in [0.2, 0.25) is 0 Å². The van der Waals surface area contributed by atoms with Crippen LogP contribution in [0.5, 0.6) is 0 Å². The average Bonchev–Trinajstić information content (AvgIpc) is 2.42. The van der Waals surface area contributed by atoms with E-state index in [2.05, 4.69) is 4.72 Å². The fourth-order valence-corrected chi connectivity index (χ4v) is 4.21. The van der Waals surface area contributed by atoms with Crippen LogP contribution >= 0.6 is 0 Å². The third-order valence-electron chi connectivity index (χ3n) is 3.32. The summed E-state index contributed by atoms with van der Waals surface area (Å²) in [6.45, 7) is 3.38. The van der Waals surface area contributed by atoms with Crippen LogP contribution in [-0.4, -0.2) is 40.2 Å². The van der Waals surface area contributed by atoms with Crippen LogP contribution in [0.15, 0.2) is 28.0 Å². The Kier molecular flexibility index (Phi) is 6.32. The van der Waals surface area contributed by atoms with Gasteiger partial charge in [0.1, 0.15) is 6.04 Å². The molecule has 1 aromatic carbocycles.